The number of fused-ring (bicyclic) bond motifs is 2. The maximum Gasteiger partial charge on any atom is 0.0687 e. The van der Waals surface area contributed by atoms with Gasteiger partial charge < -0.3 is 5.11 Å². The average Bonchev–Trinajstić information content (AvgIpc) is 2.15. The first-order valence-electron chi connectivity index (χ1n) is 6.34. The van der Waals surface area contributed by atoms with Crippen LogP contribution in [0.1, 0.15) is 47.0 Å². The summed E-state index contributed by atoms with van der Waals surface area (Å²) in [5.74, 6) is 0.856. The molecule has 4 atom stereocenters. The van der Waals surface area contributed by atoms with Crippen LogP contribution in [0.2, 0.25) is 0 Å². The van der Waals surface area contributed by atoms with Gasteiger partial charge in [-0.15, -0.1) is 0 Å². The molecule has 1 nitrogen and oxygen atoms in total. The van der Waals surface area contributed by atoms with Gasteiger partial charge in [0.25, 0.3) is 0 Å². The van der Waals surface area contributed by atoms with E-state index in [9.17, 15) is 5.11 Å². The summed E-state index contributed by atoms with van der Waals surface area (Å²) in [6, 6.07) is 0. The molecular weight excluding hydrogens is 196 g/mol. The van der Waals surface area contributed by atoms with Gasteiger partial charge in [0.05, 0.1) is 5.60 Å². The monoisotopic (exact) mass is 220 g/mol. The minimum Gasteiger partial charge on any atom is -0.390 e. The molecule has 0 aromatic carbocycles. The Balaban J connectivity index is 2.45. The molecule has 0 radical (unpaired) electrons. The highest BCUT2D eigenvalue weighted by atomic mass is 16.3. The predicted octanol–water partition coefficient (Wildman–Crippen LogP) is 3.70. The molecule has 2 bridgehead atoms. The van der Waals surface area contributed by atoms with Crippen molar-refractivity contribution in [2.75, 3.05) is 0 Å². The van der Waals surface area contributed by atoms with Gasteiger partial charge >= 0.3 is 0 Å². The zero-order chi connectivity index (χ0) is 12.1. The highest BCUT2D eigenvalue weighted by molar-refractivity contribution is 5.26. The molecule has 2 aliphatic carbocycles. The zero-order valence-corrected chi connectivity index (χ0v) is 11.0. The fourth-order valence-electron chi connectivity index (χ4n) is 3.93. The van der Waals surface area contributed by atoms with Gasteiger partial charge in [0.15, 0.2) is 0 Å². The molecule has 1 heteroatoms. The normalized spacial score (nSPS) is 47.4. The van der Waals surface area contributed by atoms with Gasteiger partial charge in [-0.25, -0.2) is 0 Å². The molecular formula is C15H24O. The highest BCUT2D eigenvalue weighted by Crippen LogP contribution is 2.57. The molecule has 0 aromatic rings. The zero-order valence-electron chi connectivity index (χ0n) is 11.0. The second-order valence-electron chi connectivity index (χ2n) is 6.31. The number of aliphatic hydroxyl groups is 1. The molecule has 4 unspecified atom stereocenters. The number of hydrogen-bond acceptors (Lipinski definition) is 1. The van der Waals surface area contributed by atoms with Crippen molar-refractivity contribution in [3.05, 3.63) is 23.8 Å². The SMILES string of the molecule is C=C(C)C12CC=C(C)C(C1)C(C)(O)CC2C. The van der Waals surface area contributed by atoms with E-state index in [-0.39, 0.29) is 5.41 Å². The maximum absolute atomic E-state index is 10.6. The summed E-state index contributed by atoms with van der Waals surface area (Å²) in [7, 11) is 0. The first-order valence-corrected chi connectivity index (χ1v) is 6.34. The van der Waals surface area contributed by atoms with Crippen molar-refractivity contribution in [1.29, 1.82) is 0 Å². The van der Waals surface area contributed by atoms with Crippen LogP contribution in [0.3, 0.4) is 0 Å². The fourth-order valence-corrected chi connectivity index (χ4v) is 3.93. The lowest BCUT2D eigenvalue weighted by atomic mass is 9.51. The molecule has 16 heavy (non-hydrogen) atoms. The molecule has 1 N–H and O–H groups in total. The van der Waals surface area contributed by atoms with Gasteiger partial charge in [0.1, 0.15) is 0 Å². The van der Waals surface area contributed by atoms with Crippen molar-refractivity contribution < 1.29 is 5.11 Å². The molecule has 0 amide bonds. The minimum absolute atomic E-state index is 0.242. The van der Waals surface area contributed by atoms with Gasteiger partial charge in [0.2, 0.25) is 0 Å². The summed E-state index contributed by atoms with van der Waals surface area (Å²) in [5, 5.41) is 10.6. The van der Waals surface area contributed by atoms with Crippen LogP contribution in [0, 0.1) is 17.3 Å². The van der Waals surface area contributed by atoms with E-state index in [0.717, 1.165) is 19.3 Å². The largest absolute Gasteiger partial charge is 0.390 e. The number of allylic oxidation sites excluding steroid dienone is 2. The lowest BCUT2D eigenvalue weighted by molar-refractivity contribution is -0.0805. The predicted molar refractivity (Wildman–Crippen MR) is 68.1 cm³/mol. The number of rotatable bonds is 1. The van der Waals surface area contributed by atoms with Gasteiger partial charge in [0, 0.05) is 5.92 Å². The van der Waals surface area contributed by atoms with Crippen LogP contribution in [0.25, 0.3) is 0 Å². The highest BCUT2D eigenvalue weighted by Gasteiger charge is 2.52. The van der Waals surface area contributed by atoms with Crippen LogP contribution < -0.4 is 0 Å². The Hall–Kier alpha value is -0.560. The molecule has 0 heterocycles. The van der Waals surface area contributed by atoms with E-state index >= 15 is 0 Å². The van der Waals surface area contributed by atoms with E-state index in [1.807, 2.05) is 6.92 Å². The Morgan fingerprint density at radius 3 is 2.69 bits per heavy atom. The Morgan fingerprint density at radius 1 is 1.50 bits per heavy atom. The molecule has 1 saturated carbocycles. The second-order valence-corrected chi connectivity index (χ2v) is 6.31. The van der Waals surface area contributed by atoms with E-state index in [1.54, 1.807) is 0 Å². The van der Waals surface area contributed by atoms with Crippen molar-refractivity contribution in [3.63, 3.8) is 0 Å². The van der Waals surface area contributed by atoms with Gasteiger partial charge in [-0.3, -0.25) is 0 Å². The van der Waals surface area contributed by atoms with Crippen LogP contribution >= 0.6 is 0 Å². The van der Waals surface area contributed by atoms with Gasteiger partial charge in [-0.2, -0.15) is 0 Å². The molecule has 90 valence electrons. The summed E-state index contributed by atoms with van der Waals surface area (Å²) >= 11 is 0. The molecule has 1 fully saturated rings. The topological polar surface area (TPSA) is 20.2 Å². The van der Waals surface area contributed by atoms with E-state index in [0.29, 0.717) is 11.8 Å². The standard InChI is InChI=1S/C15H24O/c1-10(2)15-7-6-11(3)13(9-15)14(5,16)8-12(15)4/h6,12-13,16H,1,7-9H2,2-5H3. The summed E-state index contributed by atoms with van der Waals surface area (Å²) in [5.41, 5.74) is 2.38. The van der Waals surface area contributed by atoms with E-state index in [2.05, 4.69) is 33.4 Å². The van der Waals surface area contributed by atoms with Gasteiger partial charge in [-0.05, 0) is 51.4 Å². The Labute approximate surface area is 99.3 Å². The average molecular weight is 220 g/mol. The van der Waals surface area contributed by atoms with Crippen LogP contribution in [-0.2, 0) is 0 Å². The van der Waals surface area contributed by atoms with Crippen LogP contribution in [0.4, 0.5) is 0 Å². The minimum atomic E-state index is -0.528. The third-order valence-corrected chi connectivity index (χ3v) is 5.17. The van der Waals surface area contributed by atoms with Crippen molar-refractivity contribution >= 4 is 0 Å². The summed E-state index contributed by atoms with van der Waals surface area (Å²) in [6.45, 7) is 12.8. The molecule has 0 aromatic heterocycles. The molecule has 0 aliphatic heterocycles. The van der Waals surface area contributed by atoms with Crippen LogP contribution in [-0.4, -0.2) is 10.7 Å². The van der Waals surface area contributed by atoms with E-state index < -0.39 is 5.60 Å². The fraction of sp³-hybridized carbons (Fsp3) is 0.733. The van der Waals surface area contributed by atoms with Crippen molar-refractivity contribution in [3.8, 4) is 0 Å². The maximum atomic E-state index is 10.6. The number of hydrogen-bond donors (Lipinski definition) is 1. The van der Waals surface area contributed by atoms with Crippen LogP contribution in [0.15, 0.2) is 23.8 Å². The summed E-state index contributed by atoms with van der Waals surface area (Å²) in [4.78, 5) is 0. The molecule has 2 aliphatic rings. The van der Waals surface area contributed by atoms with Gasteiger partial charge in [-0.1, -0.05) is 30.7 Å². The second kappa shape index (κ2) is 3.46. The van der Waals surface area contributed by atoms with Crippen LogP contribution in [0.5, 0.6) is 0 Å². The first kappa shape index (κ1) is 11.9. The lowest BCUT2D eigenvalue weighted by Gasteiger charge is -2.55. The van der Waals surface area contributed by atoms with Crippen molar-refractivity contribution in [1.82, 2.24) is 0 Å². The van der Waals surface area contributed by atoms with E-state index in [4.69, 9.17) is 0 Å². The molecule has 0 spiro atoms. The lowest BCUT2D eigenvalue weighted by Crippen LogP contribution is -2.51. The van der Waals surface area contributed by atoms with Crippen molar-refractivity contribution in [2.45, 2.75) is 52.6 Å². The third-order valence-electron chi connectivity index (χ3n) is 5.17. The third kappa shape index (κ3) is 1.48. The molecule has 2 rings (SSSR count). The van der Waals surface area contributed by atoms with Crippen molar-refractivity contribution in [2.24, 2.45) is 17.3 Å². The Morgan fingerprint density at radius 2 is 2.12 bits per heavy atom. The smallest absolute Gasteiger partial charge is 0.0687 e. The summed E-state index contributed by atoms with van der Waals surface area (Å²) < 4.78 is 0. The summed E-state index contributed by atoms with van der Waals surface area (Å²) in [6.07, 6.45) is 5.42. The Kier molecular flexibility index (Phi) is 2.58. The van der Waals surface area contributed by atoms with E-state index in [1.165, 1.54) is 11.1 Å². The molecule has 0 saturated heterocycles. The first-order chi connectivity index (χ1) is 7.29. The Bertz CT molecular complexity index is 350. The quantitative estimate of drug-likeness (QED) is 0.668.